The molecule has 7 N–H and O–H groups in total. The van der Waals surface area contributed by atoms with Crippen LogP contribution >= 0.6 is 0 Å². The van der Waals surface area contributed by atoms with Crippen LogP contribution in [0.25, 0.3) is 0 Å². The van der Waals surface area contributed by atoms with Gasteiger partial charge in [0.05, 0.1) is 37.5 Å². The zero-order chi connectivity index (χ0) is 51.1. The second-order valence-electron chi connectivity index (χ2n) is 23.9. The lowest BCUT2D eigenvalue weighted by Gasteiger charge is -2.49. The van der Waals surface area contributed by atoms with Crippen molar-refractivity contribution in [3.8, 4) is 29.1 Å². The summed E-state index contributed by atoms with van der Waals surface area (Å²) in [5, 5.41) is 50.2. The van der Waals surface area contributed by atoms with Crippen molar-refractivity contribution in [2.75, 3.05) is 26.9 Å². The van der Waals surface area contributed by atoms with Gasteiger partial charge in [0.15, 0.2) is 23.2 Å². The van der Waals surface area contributed by atoms with Gasteiger partial charge in [0.1, 0.15) is 5.75 Å². The molecule has 1 heterocycles. The van der Waals surface area contributed by atoms with E-state index in [4.69, 9.17) is 20.2 Å². The average Bonchev–Trinajstić information content (AvgIpc) is 3.93. The number of rotatable bonds is 10. The Bertz CT molecular complexity index is 2800. The molecule has 392 valence electrons. The highest BCUT2D eigenvalue weighted by molar-refractivity contribution is 5.96. The zero-order valence-corrected chi connectivity index (χ0v) is 43.8. The van der Waals surface area contributed by atoms with Crippen LogP contribution in [-0.2, 0) is 27.9 Å². The molecule has 8 bridgehead atoms. The number of allylic oxidation sites excluding steroid dienone is 4. The summed E-state index contributed by atoms with van der Waals surface area (Å²) in [4.78, 5) is 20.2. The van der Waals surface area contributed by atoms with Crippen LogP contribution in [0.3, 0.4) is 0 Å². The van der Waals surface area contributed by atoms with E-state index < -0.39 is 5.41 Å². The smallest absolute Gasteiger partial charge is 0.189 e. The van der Waals surface area contributed by atoms with Crippen LogP contribution in [-0.4, -0.2) is 71.2 Å². The second-order valence-corrected chi connectivity index (χ2v) is 23.9. The van der Waals surface area contributed by atoms with Gasteiger partial charge < -0.3 is 41.0 Å². The number of carbonyl (C=O) groups is 1. The van der Waals surface area contributed by atoms with E-state index in [1.807, 2.05) is 18.2 Å². The Hall–Kier alpha value is -5.34. The number of benzene rings is 3. The quantitative estimate of drug-likeness (QED) is 0.0856. The number of aromatic hydroxyl groups is 2. The number of phenolic OH excluding ortho intramolecular Hbond substituents is 2. The number of hydrogen-bond acceptors (Lipinski definition) is 10. The maximum atomic E-state index is 14.8. The number of ether oxygens (including phenoxy) is 2. The maximum Gasteiger partial charge on any atom is 0.189 e. The predicted octanol–water partition coefficient (Wildman–Crippen LogP) is 10.9. The molecule has 3 fully saturated rings. The lowest BCUT2D eigenvalue weighted by Crippen LogP contribution is -2.50. The number of nitrogens with one attached hydrogen (secondary N) is 1. The molecular formula is C64H79N3O7. The summed E-state index contributed by atoms with van der Waals surface area (Å²) in [6, 6.07) is 16.9. The van der Waals surface area contributed by atoms with Gasteiger partial charge in [-0.25, -0.2) is 4.99 Å². The number of aryl methyl sites for hydroxylation is 1. The maximum absolute atomic E-state index is 14.8. The number of aliphatic hydroxyl groups is 2. The minimum Gasteiger partial charge on any atom is -0.508 e. The molecule has 0 aromatic heterocycles. The number of nitrogens with two attached hydrogens (primary N) is 1. The van der Waals surface area contributed by atoms with Crippen molar-refractivity contribution >= 4 is 11.7 Å². The molecule has 1 spiro atoms. The monoisotopic (exact) mass is 1000 g/mol. The molecule has 7 aliphatic carbocycles. The first-order chi connectivity index (χ1) is 36.0. The minimum absolute atomic E-state index is 0.00231. The van der Waals surface area contributed by atoms with E-state index in [2.05, 4.69) is 72.6 Å². The van der Waals surface area contributed by atoms with Gasteiger partial charge >= 0.3 is 0 Å². The molecule has 3 aromatic carbocycles. The highest BCUT2D eigenvalue weighted by atomic mass is 16.5. The third-order valence-corrected chi connectivity index (χ3v) is 19.3. The minimum atomic E-state index is -0.449. The van der Waals surface area contributed by atoms with Crippen molar-refractivity contribution in [1.29, 1.82) is 0 Å². The van der Waals surface area contributed by atoms with Crippen molar-refractivity contribution in [3.05, 3.63) is 122 Å². The van der Waals surface area contributed by atoms with E-state index in [1.54, 1.807) is 7.11 Å². The van der Waals surface area contributed by atoms with Crippen molar-refractivity contribution in [2.24, 2.45) is 45.7 Å². The van der Waals surface area contributed by atoms with E-state index >= 15 is 0 Å². The fourth-order valence-electron chi connectivity index (χ4n) is 15.8. The number of guanidine groups is 1. The van der Waals surface area contributed by atoms with E-state index in [0.717, 1.165) is 110 Å². The van der Waals surface area contributed by atoms with Gasteiger partial charge in [-0.05, 0) is 183 Å². The third-order valence-electron chi connectivity index (χ3n) is 19.3. The Morgan fingerprint density at radius 2 is 1.80 bits per heavy atom. The van der Waals surface area contributed by atoms with E-state index in [1.165, 1.54) is 23.1 Å². The van der Waals surface area contributed by atoms with Crippen molar-refractivity contribution in [2.45, 2.75) is 165 Å². The van der Waals surface area contributed by atoms with Crippen molar-refractivity contribution in [3.63, 3.8) is 0 Å². The molecule has 8 aliphatic rings. The van der Waals surface area contributed by atoms with Crippen LogP contribution in [0.4, 0.5) is 0 Å². The van der Waals surface area contributed by atoms with Crippen LogP contribution in [0.1, 0.15) is 173 Å². The number of aliphatic hydroxyl groups excluding tert-OH is 2. The number of aliphatic imine (C=N–C) groups is 1. The summed E-state index contributed by atoms with van der Waals surface area (Å²) in [6.45, 7) is 2.58. The summed E-state index contributed by atoms with van der Waals surface area (Å²) in [5.41, 5.74) is 16.2. The van der Waals surface area contributed by atoms with E-state index in [-0.39, 0.29) is 90.1 Å². The molecule has 0 saturated heterocycles. The van der Waals surface area contributed by atoms with E-state index in [0.29, 0.717) is 68.3 Å². The number of carbonyl (C=O) groups excluding carboxylic acids is 1. The van der Waals surface area contributed by atoms with Crippen LogP contribution in [0.15, 0.2) is 88.5 Å². The molecule has 1 aliphatic heterocycles. The van der Waals surface area contributed by atoms with Gasteiger partial charge in [-0.3, -0.25) is 4.79 Å². The molecule has 9 unspecified atom stereocenters. The summed E-state index contributed by atoms with van der Waals surface area (Å²) in [7, 11) is 1.78. The lowest BCUT2D eigenvalue weighted by molar-refractivity contribution is -0.116. The Kier molecular flexibility index (Phi) is 14.7. The van der Waals surface area contributed by atoms with Gasteiger partial charge in [0.25, 0.3) is 0 Å². The topological polar surface area (TPSA) is 167 Å². The number of phenols is 2. The first-order valence-electron chi connectivity index (χ1n) is 28.4. The summed E-state index contributed by atoms with van der Waals surface area (Å²) in [6.07, 6.45) is 23.0. The normalized spacial score (nSPS) is 30.3. The van der Waals surface area contributed by atoms with Crippen LogP contribution in [0.2, 0.25) is 0 Å². The van der Waals surface area contributed by atoms with Gasteiger partial charge in [0.2, 0.25) is 0 Å². The SMILES string of the molecule is COCC1C2C=C3C4CC(C)CC3C1c1c(O)c(OC3CCCC3)cc(CCC(=O)C3=C(CO)C5CCC=CC5(CO)CC3)c1C#CCC(C2)N=C(N)NC1(CCCCC1)c1cccc(c1)Cc1cc(O)cc4c1. The molecule has 74 heavy (non-hydrogen) atoms. The van der Waals surface area contributed by atoms with Gasteiger partial charge in [0, 0.05) is 48.3 Å². The molecule has 9 atom stereocenters. The Morgan fingerprint density at radius 3 is 2.59 bits per heavy atom. The number of methoxy groups -OCH3 is 1. The van der Waals surface area contributed by atoms with Crippen molar-refractivity contribution < 1.29 is 34.7 Å². The molecule has 0 amide bonds. The van der Waals surface area contributed by atoms with Crippen LogP contribution < -0.4 is 15.8 Å². The highest BCUT2D eigenvalue weighted by Crippen LogP contribution is 2.60. The van der Waals surface area contributed by atoms with Crippen molar-refractivity contribution in [1.82, 2.24) is 5.32 Å². The molecule has 10 heteroatoms. The molecule has 3 aromatic rings. The Morgan fingerprint density at radius 1 is 0.959 bits per heavy atom. The van der Waals surface area contributed by atoms with Gasteiger partial charge in [-0.15, -0.1) is 0 Å². The number of nitrogens with zero attached hydrogens (tertiary/aromatic N) is 1. The standard InChI is InChI=1S/C64H79N3O7/c1-39-26-51-43-29-41(31-47(70)33-43)28-40-12-10-13-45(30-40)64(23-7-3-8-24-64)67-62(65)66-46-14-11-17-49-42(19-20-57(71)50-21-25-63(38-69)22-9-6-18-56(63)54(50)36-68)35-58(74-48-15-4-5-16-48)61(72)60(49)59-53(27-39)52(51)34-44(32-46)55(59)37-73-2/h9-10,12-13,22,29-31,33-35,39,44,46,48,51,53,55-56,59,68-70,72H,3-8,14-16,18-21,23-28,32,36-38H2,1-2H3,(H3,65,66,67). The summed E-state index contributed by atoms with van der Waals surface area (Å²) in [5.74, 6) is 8.58. The largest absolute Gasteiger partial charge is 0.508 e. The van der Waals surface area contributed by atoms with E-state index in [9.17, 15) is 25.2 Å². The average molecular weight is 1000 g/mol. The van der Waals surface area contributed by atoms with Crippen LogP contribution in [0.5, 0.6) is 17.2 Å². The van der Waals surface area contributed by atoms with Gasteiger partial charge in [-0.2, -0.15) is 0 Å². The zero-order valence-electron chi connectivity index (χ0n) is 43.8. The molecule has 10 nitrogen and oxygen atoms in total. The predicted molar refractivity (Wildman–Crippen MR) is 290 cm³/mol. The molecule has 11 rings (SSSR count). The first-order valence-corrected chi connectivity index (χ1v) is 28.4. The molecule has 3 saturated carbocycles. The summed E-state index contributed by atoms with van der Waals surface area (Å²) < 4.78 is 13.2. The lowest BCUT2D eigenvalue weighted by atomic mass is 9.55. The molecular weight excluding hydrogens is 923 g/mol. The Balaban J connectivity index is 1.09. The number of fused-ring (bicyclic) bond motifs is 12. The summed E-state index contributed by atoms with van der Waals surface area (Å²) >= 11 is 0. The number of Topliss-reactive ketones (excluding diaryl/α,β-unsaturated/α-hetero) is 1. The Labute approximate surface area is 439 Å². The first kappa shape index (κ1) is 50.8. The fourth-order valence-corrected chi connectivity index (χ4v) is 15.8. The third kappa shape index (κ3) is 9.75. The fraction of sp³-hybridized carbons (Fsp3) is 0.562. The number of ketones is 1. The van der Waals surface area contributed by atoms with Gasteiger partial charge in [-0.1, -0.05) is 92.2 Å². The number of hydrogen-bond donors (Lipinski definition) is 6. The molecule has 0 radical (unpaired) electrons. The second kappa shape index (κ2) is 21.4. The van der Waals surface area contributed by atoms with Crippen LogP contribution in [0, 0.1) is 46.8 Å². The highest BCUT2D eigenvalue weighted by Gasteiger charge is 2.49.